The zero-order valence-electron chi connectivity index (χ0n) is 12.6. The van der Waals surface area contributed by atoms with Crippen LogP contribution in [-0.4, -0.2) is 41.0 Å². The highest BCUT2D eigenvalue weighted by molar-refractivity contribution is 5.94. The van der Waals surface area contributed by atoms with Crippen molar-refractivity contribution in [2.45, 2.75) is 52.0 Å². The Balaban J connectivity index is 3.78. The first kappa shape index (κ1) is 18.9. The lowest BCUT2D eigenvalue weighted by Crippen LogP contribution is -2.44. The molecule has 4 N–H and O–H groups in total. The molecule has 0 radical (unpaired) electrons. The Bertz CT molecular complexity index is 401. The number of carboxylic acid groups (broad SMARTS) is 1. The van der Waals surface area contributed by atoms with Gasteiger partial charge >= 0.3 is 12.0 Å². The van der Waals surface area contributed by atoms with Crippen molar-refractivity contribution in [3.63, 3.8) is 0 Å². The van der Waals surface area contributed by atoms with Gasteiger partial charge in [0.2, 0.25) is 11.8 Å². The van der Waals surface area contributed by atoms with Crippen LogP contribution in [0, 0.1) is 0 Å². The standard InChI is InChI=1S/C13H23N3O5/c1-13(2,3)16-10(18)7-8-14-12(21)15-9(17)5-4-6-11(19)20/h4-8H2,1-3H3,(H,16,18)(H,19,20)(H2,14,15,17,21). The highest BCUT2D eigenvalue weighted by Crippen LogP contribution is 1.98. The Morgan fingerprint density at radius 1 is 0.952 bits per heavy atom. The molecule has 0 rings (SSSR count). The summed E-state index contributed by atoms with van der Waals surface area (Å²) in [4.78, 5) is 44.3. The average Bonchev–Trinajstić information content (AvgIpc) is 2.25. The van der Waals surface area contributed by atoms with Crippen LogP contribution in [0.1, 0.15) is 46.5 Å². The molecule has 0 aliphatic carbocycles. The molecule has 0 aliphatic heterocycles. The van der Waals surface area contributed by atoms with E-state index in [9.17, 15) is 19.2 Å². The van der Waals surface area contributed by atoms with Gasteiger partial charge in [0, 0.05) is 31.3 Å². The van der Waals surface area contributed by atoms with Crippen LogP contribution < -0.4 is 16.0 Å². The molecular formula is C13H23N3O5. The molecule has 0 atom stereocenters. The monoisotopic (exact) mass is 301 g/mol. The third-order valence-electron chi connectivity index (χ3n) is 2.20. The van der Waals surface area contributed by atoms with Crippen molar-refractivity contribution in [2.75, 3.05) is 6.54 Å². The summed E-state index contributed by atoms with van der Waals surface area (Å²) in [6, 6.07) is -0.695. The first-order valence-electron chi connectivity index (χ1n) is 6.70. The third kappa shape index (κ3) is 12.6. The lowest BCUT2D eigenvalue weighted by Gasteiger charge is -2.20. The predicted octanol–water partition coefficient (Wildman–Crippen LogP) is 0.372. The summed E-state index contributed by atoms with van der Waals surface area (Å²) >= 11 is 0. The molecular weight excluding hydrogens is 278 g/mol. The van der Waals surface area contributed by atoms with Crippen molar-refractivity contribution in [3.8, 4) is 0 Å². The molecule has 0 aromatic heterocycles. The SMILES string of the molecule is CC(C)(C)NC(=O)CCNC(=O)NC(=O)CCCC(=O)O. The first-order chi connectivity index (χ1) is 9.60. The van der Waals surface area contributed by atoms with Crippen LogP contribution in [0.2, 0.25) is 0 Å². The summed E-state index contributed by atoms with van der Waals surface area (Å²) < 4.78 is 0. The van der Waals surface area contributed by atoms with Crippen molar-refractivity contribution in [1.82, 2.24) is 16.0 Å². The van der Waals surface area contributed by atoms with Crippen molar-refractivity contribution < 1.29 is 24.3 Å². The fourth-order valence-corrected chi connectivity index (χ4v) is 1.40. The minimum atomic E-state index is -0.989. The maximum Gasteiger partial charge on any atom is 0.321 e. The summed E-state index contributed by atoms with van der Waals surface area (Å²) in [6.07, 6.45) is 0.118. The van der Waals surface area contributed by atoms with E-state index in [1.807, 2.05) is 20.8 Å². The Morgan fingerprint density at radius 2 is 1.57 bits per heavy atom. The smallest absolute Gasteiger partial charge is 0.321 e. The van der Waals surface area contributed by atoms with Gasteiger partial charge in [-0.3, -0.25) is 19.7 Å². The molecule has 0 spiro atoms. The number of aliphatic carboxylic acids is 1. The summed E-state index contributed by atoms with van der Waals surface area (Å²) in [6.45, 7) is 5.65. The molecule has 0 aromatic carbocycles. The van der Waals surface area contributed by atoms with Crippen LogP contribution in [0.25, 0.3) is 0 Å². The highest BCUT2D eigenvalue weighted by atomic mass is 16.4. The van der Waals surface area contributed by atoms with E-state index in [0.29, 0.717) is 0 Å². The number of rotatable bonds is 7. The van der Waals surface area contributed by atoms with Crippen LogP contribution in [0.4, 0.5) is 4.79 Å². The van der Waals surface area contributed by atoms with Gasteiger partial charge in [0.25, 0.3) is 0 Å². The number of urea groups is 1. The number of carbonyl (C=O) groups excluding carboxylic acids is 3. The molecule has 0 unspecified atom stereocenters. The molecule has 8 heteroatoms. The first-order valence-corrected chi connectivity index (χ1v) is 6.70. The van der Waals surface area contributed by atoms with E-state index in [0.717, 1.165) is 0 Å². The van der Waals surface area contributed by atoms with Gasteiger partial charge in [-0.2, -0.15) is 0 Å². The lowest BCUT2D eigenvalue weighted by atomic mass is 10.1. The Labute approximate surface area is 123 Å². The van der Waals surface area contributed by atoms with Crippen LogP contribution in [-0.2, 0) is 14.4 Å². The summed E-state index contributed by atoms with van der Waals surface area (Å²) in [5.41, 5.74) is -0.334. The van der Waals surface area contributed by atoms with Crippen molar-refractivity contribution in [2.24, 2.45) is 0 Å². The molecule has 0 saturated heterocycles. The van der Waals surface area contributed by atoms with Crippen LogP contribution in [0.3, 0.4) is 0 Å². The van der Waals surface area contributed by atoms with Gasteiger partial charge in [0.1, 0.15) is 0 Å². The number of hydrogen-bond acceptors (Lipinski definition) is 4. The van der Waals surface area contributed by atoms with Crippen molar-refractivity contribution >= 4 is 23.8 Å². The number of hydrogen-bond donors (Lipinski definition) is 4. The Hall–Kier alpha value is -2.12. The summed E-state index contributed by atoms with van der Waals surface area (Å²) in [5, 5.41) is 15.6. The van der Waals surface area contributed by atoms with Gasteiger partial charge in [-0.25, -0.2) is 4.79 Å². The van der Waals surface area contributed by atoms with E-state index in [2.05, 4.69) is 16.0 Å². The molecule has 0 bridgehead atoms. The number of nitrogens with one attached hydrogen (secondary N) is 3. The van der Waals surface area contributed by atoms with Gasteiger partial charge < -0.3 is 15.7 Å². The van der Waals surface area contributed by atoms with Crippen molar-refractivity contribution in [1.29, 1.82) is 0 Å². The fourth-order valence-electron chi connectivity index (χ4n) is 1.40. The number of carboxylic acids is 1. The van der Waals surface area contributed by atoms with Gasteiger partial charge in [0.05, 0.1) is 0 Å². The quantitative estimate of drug-likeness (QED) is 0.541. The molecule has 0 fully saturated rings. The minimum Gasteiger partial charge on any atom is -0.481 e. The van der Waals surface area contributed by atoms with E-state index in [-0.39, 0.29) is 43.7 Å². The molecule has 4 amide bonds. The maximum atomic E-state index is 11.5. The highest BCUT2D eigenvalue weighted by Gasteiger charge is 2.14. The van der Waals surface area contributed by atoms with Crippen molar-refractivity contribution in [3.05, 3.63) is 0 Å². The maximum absolute atomic E-state index is 11.5. The van der Waals surface area contributed by atoms with Gasteiger partial charge in [0.15, 0.2) is 0 Å². The molecule has 8 nitrogen and oxygen atoms in total. The zero-order valence-corrected chi connectivity index (χ0v) is 12.6. The topological polar surface area (TPSA) is 125 Å². The summed E-state index contributed by atoms with van der Waals surface area (Å²) in [7, 11) is 0. The van der Waals surface area contributed by atoms with E-state index in [1.54, 1.807) is 0 Å². The fraction of sp³-hybridized carbons (Fsp3) is 0.692. The van der Waals surface area contributed by atoms with Crippen LogP contribution in [0.5, 0.6) is 0 Å². The second-order valence-corrected chi connectivity index (χ2v) is 5.60. The third-order valence-corrected chi connectivity index (χ3v) is 2.20. The second kappa shape index (κ2) is 8.93. The molecule has 21 heavy (non-hydrogen) atoms. The normalized spacial score (nSPS) is 10.6. The number of carbonyl (C=O) groups is 4. The van der Waals surface area contributed by atoms with E-state index in [1.165, 1.54) is 0 Å². The van der Waals surface area contributed by atoms with Gasteiger partial charge in [-0.15, -0.1) is 0 Å². The zero-order chi connectivity index (χ0) is 16.5. The molecule has 0 aliphatic rings. The van der Waals surface area contributed by atoms with E-state index in [4.69, 9.17) is 5.11 Å². The van der Waals surface area contributed by atoms with Crippen LogP contribution >= 0.6 is 0 Å². The van der Waals surface area contributed by atoms with E-state index >= 15 is 0 Å². The Morgan fingerprint density at radius 3 is 2.10 bits per heavy atom. The Kier molecular flexibility index (Phi) is 8.03. The molecule has 0 aromatic rings. The summed E-state index contributed by atoms with van der Waals surface area (Å²) in [5.74, 6) is -1.74. The second-order valence-electron chi connectivity index (χ2n) is 5.60. The largest absolute Gasteiger partial charge is 0.481 e. The predicted molar refractivity (Wildman–Crippen MR) is 75.5 cm³/mol. The number of amides is 4. The lowest BCUT2D eigenvalue weighted by molar-refractivity contribution is -0.137. The van der Waals surface area contributed by atoms with E-state index < -0.39 is 17.9 Å². The molecule has 0 saturated carbocycles. The number of imide groups is 1. The van der Waals surface area contributed by atoms with Crippen LogP contribution in [0.15, 0.2) is 0 Å². The minimum absolute atomic E-state index is 0.0375. The average molecular weight is 301 g/mol. The molecule has 0 heterocycles. The van der Waals surface area contributed by atoms with Gasteiger partial charge in [-0.1, -0.05) is 0 Å². The van der Waals surface area contributed by atoms with Gasteiger partial charge in [-0.05, 0) is 27.2 Å². The molecule has 120 valence electrons.